The average Bonchev–Trinajstić information content (AvgIpc) is 3.50. The molecule has 0 N–H and O–H groups in total. The molecule has 9 aromatic rings. The second-order valence-corrected chi connectivity index (χ2v) is 12.2. The zero-order valence-electron chi connectivity index (χ0n) is 25.3. The summed E-state index contributed by atoms with van der Waals surface area (Å²) in [6.45, 7) is 2.17. The molecule has 0 radical (unpaired) electrons. The number of nitrogens with zero attached hydrogens (tertiary/aromatic N) is 2. The van der Waals surface area contributed by atoms with Crippen molar-refractivity contribution in [2.45, 2.75) is 13.3 Å². The highest BCUT2D eigenvalue weighted by Gasteiger charge is 2.28. The highest BCUT2D eigenvalue weighted by molar-refractivity contribution is 6.23. The third-order valence-corrected chi connectivity index (χ3v) is 9.70. The molecule has 1 aliphatic heterocycles. The predicted octanol–water partition coefficient (Wildman–Crippen LogP) is 11.6. The predicted molar refractivity (Wildman–Crippen MR) is 191 cm³/mol. The van der Waals surface area contributed by atoms with Crippen LogP contribution in [0.5, 0.6) is 11.5 Å². The summed E-state index contributed by atoms with van der Waals surface area (Å²) in [6.07, 6.45) is 0.819. The molecule has 0 saturated carbocycles. The van der Waals surface area contributed by atoms with E-state index in [-0.39, 0.29) is 0 Å². The lowest BCUT2D eigenvalue weighted by Crippen LogP contribution is -2.09. The first-order chi connectivity index (χ1) is 22.8. The summed E-state index contributed by atoms with van der Waals surface area (Å²) in [5, 5.41) is 9.99. The summed E-state index contributed by atoms with van der Waals surface area (Å²) in [5.41, 5.74) is 7.89. The van der Waals surface area contributed by atoms with Gasteiger partial charge in [0.25, 0.3) is 0 Å². The van der Waals surface area contributed by atoms with Crippen molar-refractivity contribution in [3.05, 3.63) is 145 Å². The Bertz CT molecular complexity index is 2660. The van der Waals surface area contributed by atoms with Crippen LogP contribution in [0.15, 0.2) is 140 Å². The van der Waals surface area contributed by atoms with Crippen LogP contribution < -0.4 is 4.74 Å². The Balaban J connectivity index is 1.30. The number of hydrogen-bond donors (Lipinski definition) is 0. The topological polar surface area (TPSA) is 27.1 Å². The van der Waals surface area contributed by atoms with Crippen LogP contribution in [0.3, 0.4) is 0 Å². The fraction of sp³-hybridized carbons (Fsp3) is 0.0465. The molecule has 0 spiro atoms. The Labute approximate surface area is 265 Å². The van der Waals surface area contributed by atoms with Gasteiger partial charge in [-0.15, -0.1) is 0 Å². The molecular formula is C43H28N2O. The van der Waals surface area contributed by atoms with Crippen molar-refractivity contribution in [3.63, 3.8) is 0 Å². The van der Waals surface area contributed by atoms with E-state index in [4.69, 9.17) is 9.72 Å². The number of ether oxygens (including phenoxy) is 1. The number of rotatable bonds is 3. The lowest BCUT2D eigenvalue weighted by molar-refractivity contribution is 0.474. The van der Waals surface area contributed by atoms with Gasteiger partial charge >= 0.3 is 0 Å². The van der Waals surface area contributed by atoms with Gasteiger partial charge in [0.2, 0.25) is 0 Å². The van der Waals surface area contributed by atoms with E-state index in [1.165, 1.54) is 59.8 Å². The molecule has 0 bridgehead atoms. The summed E-state index contributed by atoms with van der Waals surface area (Å²) < 4.78 is 8.93. The molecule has 0 amide bonds. The molecule has 1 aromatic heterocycles. The molecule has 0 saturated heterocycles. The minimum absolute atomic E-state index is 0.819. The number of hydrogen-bond acceptors (Lipinski definition) is 2. The largest absolute Gasteiger partial charge is 0.453 e. The fourth-order valence-corrected chi connectivity index (χ4v) is 7.76. The zero-order chi connectivity index (χ0) is 30.4. The van der Waals surface area contributed by atoms with E-state index in [0.717, 1.165) is 46.0 Å². The number of aromatic nitrogens is 2. The van der Waals surface area contributed by atoms with Crippen LogP contribution in [0.25, 0.3) is 82.1 Å². The van der Waals surface area contributed by atoms with Crippen molar-refractivity contribution in [1.29, 1.82) is 0 Å². The van der Waals surface area contributed by atoms with Crippen molar-refractivity contribution in [3.8, 4) is 39.4 Å². The first kappa shape index (κ1) is 25.4. The van der Waals surface area contributed by atoms with Gasteiger partial charge < -0.3 is 4.74 Å². The van der Waals surface area contributed by atoms with Crippen molar-refractivity contribution >= 4 is 54.1 Å². The molecule has 8 aromatic carbocycles. The average molecular weight is 589 g/mol. The first-order valence-corrected chi connectivity index (χ1v) is 16.0. The molecule has 46 heavy (non-hydrogen) atoms. The monoisotopic (exact) mass is 588 g/mol. The van der Waals surface area contributed by atoms with E-state index in [9.17, 15) is 0 Å². The van der Waals surface area contributed by atoms with Gasteiger partial charge in [-0.2, -0.15) is 0 Å². The highest BCUT2D eigenvalue weighted by Crippen LogP contribution is 2.50. The quantitative estimate of drug-likeness (QED) is 0.152. The van der Waals surface area contributed by atoms with Crippen LogP contribution in [0.4, 0.5) is 0 Å². The standard InChI is InChI=1S/C43H28N2O/c1-2-39-44-36-18-10-20-38-43(36)45(39)42-35(17-9-19-37(42)46-38)41-33-15-7-5-13-31(33)40(32-14-6-8-16-34(32)41)28-23-24-30-27(25-28)22-21-26-11-3-4-12-29(26)30/h3-25H,2H2,1H3. The Morgan fingerprint density at radius 1 is 0.543 bits per heavy atom. The van der Waals surface area contributed by atoms with Crippen LogP contribution in [0.2, 0.25) is 0 Å². The molecule has 0 aliphatic carbocycles. The van der Waals surface area contributed by atoms with Gasteiger partial charge in [-0.3, -0.25) is 4.57 Å². The number of benzene rings is 8. The van der Waals surface area contributed by atoms with Crippen LogP contribution in [-0.4, -0.2) is 9.55 Å². The van der Waals surface area contributed by atoms with Crippen LogP contribution in [0, 0.1) is 0 Å². The zero-order valence-corrected chi connectivity index (χ0v) is 25.3. The molecule has 0 fully saturated rings. The molecule has 1 aliphatic rings. The highest BCUT2D eigenvalue weighted by atomic mass is 16.5. The van der Waals surface area contributed by atoms with E-state index >= 15 is 0 Å². The second-order valence-electron chi connectivity index (χ2n) is 12.2. The van der Waals surface area contributed by atoms with Gasteiger partial charge in [0.05, 0.1) is 11.2 Å². The minimum atomic E-state index is 0.819. The molecular weight excluding hydrogens is 560 g/mol. The maximum atomic E-state index is 6.60. The Kier molecular flexibility index (Phi) is 5.26. The van der Waals surface area contributed by atoms with Crippen LogP contribution in [0.1, 0.15) is 12.7 Å². The van der Waals surface area contributed by atoms with E-state index in [0.29, 0.717) is 0 Å². The molecule has 0 atom stereocenters. The SMILES string of the molecule is CCc1nc2cccc3c2n1-c1c(cccc1-c1c2ccccc2c(-c2ccc4c(ccc5ccccc54)c2)c2ccccc12)O3. The number of fused-ring (bicyclic) bond motifs is 7. The van der Waals surface area contributed by atoms with Gasteiger partial charge in [0.15, 0.2) is 11.5 Å². The second kappa shape index (κ2) is 9.53. The van der Waals surface area contributed by atoms with E-state index < -0.39 is 0 Å². The summed E-state index contributed by atoms with van der Waals surface area (Å²) in [6, 6.07) is 50.4. The summed E-state index contributed by atoms with van der Waals surface area (Å²) in [5.74, 6) is 2.74. The van der Waals surface area contributed by atoms with Crippen molar-refractivity contribution < 1.29 is 4.74 Å². The first-order valence-electron chi connectivity index (χ1n) is 16.0. The summed E-state index contributed by atoms with van der Waals surface area (Å²) >= 11 is 0. The van der Waals surface area contributed by atoms with E-state index in [1.54, 1.807) is 0 Å². The van der Waals surface area contributed by atoms with Gasteiger partial charge in [0.1, 0.15) is 11.3 Å². The Morgan fingerprint density at radius 3 is 1.93 bits per heavy atom. The third kappa shape index (κ3) is 3.45. The maximum absolute atomic E-state index is 6.60. The maximum Gasteiger partial charge on any atom is 0.153 e. The third-order valence-electron chi connectivity index (χ3n) is 9.70. The molecule has 216 valence electrons. The van der Waals surface area contributed by atoms with Crippen LogP contribution >= 0.6 is 0 Å². The van der Waals surface area contributed by atoms with Crippen molar-refractivity contribution in [2.24, 2.45) is 0 Å². The van der Waals surface area contributed by atoms with Crippen LogP contribution in [-0.2, 0) is 6.42 Å². The normalized spacial score (nSPS) is 12.3. The Hall–Kier alpha value is -5.93. The molecule has 10 rings (SSSR count). The van der Waals surface area contributed by atoms with Crippen molar-refractivity contribution in [1.82, 2.24) is 9.55 Å². The lowest BCUT2D eigenvalue weighted by atomic mass is 9.85. The number of para-hydroxylation sites is 2. The number of aryl methyl sites for hydroxylation is 1. The van der Waals surface area contributed by atoms with Gasteiger partial charge in [0, 0.05) is 12.0 Å². The number of imidazole rings is 1. The fourth-order valence-electron chi connectivity index (χ4n) is 7.76. The molecule has 3 nitrogen and oxygen atoms in total. The van der Waals surface area contributed by atoms with E-state index in [2.05, 4.69) is 139 Å². The van der Waals surface area contributed by atoms with Gasteiger partial charge in [-0.1, -0.05) is 122 Å². The molecule has 3 heteroatoms. The Morgan fingerprint density at radius 2 is 1.17 bits per heavy atom. The summed E-state index contributed by atoms with van der Waals surface area (Å²) in [4.78, 5) is 5.04. The molecule has 0 unspecified atom stereocenters. The lowest BCUT2D eigenvalue weighted by Gasteiger charge is -2.25. The van der Waals surface area contributed by atoms with Gasteiger partial charge in [-0.25, -0.2) is 4.98 Å². The minimum Gasteiger partial charge on any atom is -0.453 e. The molecule has 2 heterocycles. The van der Waals surface area contributed by atoms with E-state index in [1.807, 2.05) is 12.1 Å². The van der Waals surface area contributed by atoms with Gasteiger partial charge in [-0.05, 0) is 84.0 Å². The summed E-state index contributed by atoms with van der Waals surface area (Å²) in [7, 11) is 0. The smallest absolute Gasteiger partial charge is 0.153 e. The van der Waals surface area contributed by atoms with Crippen molar-refractivity contribution in [2.75, 3.05) is 0 Å².